The van der Waals surface area contributed by atoms with Crippen LogP contribution in [0.3, 0.4) is 0 Å². The van der Waals surface area contributed by atoms with Gasteiger partial charge in [-0.25, -0.2) is 0 Å². The Kier molecular flexibility index (Phi) is 7.85. The van der Waals surface area contributed by atoms with Gasteiger partial charge >= 0.3 is 0 Å². The van der Waals surface area contributed by atoms with Crippen molar-refractivity contribution < 1.29 is 24.1 Å². The molecule has 168 valence electrons. The van der Waals surface area contributed by atoms with Gasteiger partial charge in [0.15, 0.2) is 0 Å². The third kappa shape index (κ3) is 4.67. The van der Waals surface area contributed by atoms with E-state index in [9.17, 15) is 5.11 Å². The third-order valence-corrected chi connectivity index (χ3v) is 5.94. The number of aliphatic hydroxyl groups is 1. The van der Waals surface area contributed by atoms with Crippen LogP contribution >= 0.6 is 0 Å². The molecule has 0 saturated heterocycles. The predicted molar refractivity (Wildman–Crippen MR) is 126 cm³/mol. The SMILES string of the molecule is CCCCCCCC(O)c1cc(OC)c2cc3c(OC)ccc(OC)c3cc2c1OC. The molecule has 0 aliphatic carbocycles. The Labute approximate surface area is 184 Å². The standard InChI is InChI=1S/C26H34O5/c1-6-7-8-9-10-11-22(27)21-16-25(30-4)19-14-17-18(15-20(19)26(21)31-5)24(29-3)13-12-23(17)28-2/h12-16,22,27H,6-11H2,1-5H3. The monoisotopic (exact) mass is 426 g/mol. The highest BCUT2D eigenvalue weighted by atomic mass is 16.5. The van der Waals surface area contributed by atoms with Gasteiger partial charge in [-0.2, -0.15) is 0 Å². The minimum atomic E-state index is -0.613. The average molecular weight is 427 g/mol. The van der Waals surface area contributed by atoms with E-state index >= 15 is 0 Å². The number of aliphatic hydroxyl groups excluding tert-OH is 1. The Hall–Kier alpha value is -2.66. The van der Waals surface area contributed by atoms with Gasteiger partial charge in [0, 0.05) is 27.1 Å². The molecule has 0 saturated carbocycles. The van der Waals surface area contributed by atoms with Gasteiger partial charge in [0.05, 0.1) is 34.5 Å². The molecule has 0 amide bonds. The number of unbranched alkanes of at least 4 members (excludes halogenated alkanes) is 4. The van der Waals surface area contributed by atoms with E-state index < -0.39 is 6.10 Å². The van der Waals surface area contributed by atoms with Crippen LogP contribution in [0.1, 0.15) is 57.1 Å². The summed E-state index contributed by atoms with van der Waals surface area (Å²) in [6.07, 6.45) is 5.83. The van der Waals surface area contributed by atoms with E-state index in [0.717, 1.165) is 51.4 Å². The Morgan fingerprint density at radius 1 is 0.677 bits per heavy atom. The van der Waals surface area contributed by atoms with Crippen LogP contribution in [-0.2, 0) is 0 Å². The molecular weight excluding hydrogens is 392 g/mol. The van der Waals surface area contributed by atoms with Crippen molar-refractivity contribution in [2.45, 2.75) is 51.6 Å². The Bertz CT molecular complexity index is 1030. The second-order valence-electron chi connectivity index (χ2n) is 7.83. The molecular formula is C26H34O5. The normalized spacial score (nSPS) is 12.2. The van der Waals surface area contributed by atoms with E-state index in [1.54, 1.807) is 28.4 Å². The van der Waals surface area contributed by atoms with Crippen LogP contribution in [0.25, 0.3) is 21.5 Å². The maximum Gasteiger partial charge on any atom is 0.132 e. The molecule has 31 heavy (non-hydrogen) atoms. The number of hydrogen-bond acceptors (Lipinski definition) is 5. The number of rotatable bonds is 11. The van der Waals surface area contributed by atoms with E-state index in [1.807, 2.05) is 30.3 Å². The van der Waals surface area contributed by atoms with Crippen LogP contribution in [0.2, 0.25) is 0 Å². The molecule has 1 atom stereocenters. The zero-order valence-corrected chi connectivity index (χ0v) is 19.3. The summed E-state index contributed by atoms with van der Waals surface area (Å²) in [7, 11) is 6.60. The molecule has 1 N–H and O–H groups in total. The minimum Gasteiger partial charge on any atom is -0.496 e. The lowest BCUT2D eigenvalue weighted by molar-refractivity contribution is 0.159. The molecule has 5 heteroatoms. The van der Waals surface area contributed by atoms with Crippen molar-refractivity contribution in [3.05, 3.63) is 35.9 Å². The second kappa shape index (κ2) is 10.6. The molecule has 0 bridgehead atoms. The van der Waals surface area contributed by atoms with Gasteiger partial charge < -0.3 is 24.1 Å². The molecule has 0 aromatic heterocycles. The van der Waals surface area contributed by atoms with Crippen LogP contribution in [0.5, 0.6) is 23.0 Å². The molecule has 3 aromatic rings. The Balaban J connectivity index is 2.14. The number of methoxy groups -OCH3 is 4. The summed E-state index contributed by atoms with van der Waals surface area (Å²) in [6, 6.07) is 9.76. The first-order valence-electron chi connectivity index (χ1n) is 11.0. The van der Waals surface area contributed by atoms with Gasteiger partial charge in [0.2, 0.25) is 0 Å². The van der Waals surface area contributed by atoms with Crippen molar-refractivity contribution in [1.29, 1.82) is 0 Å². The average Bonchev–Trinajstić information content (AvgIpc) is 2.80. The van der Waals surface area contributed by atoms with Gasteiger partial charge in [0.1, 0.15) is 23.0 Å². The molecule has 1 unspecified atom stereocenters. The fourth-order valence-electron chi connectivity index (χ4n) is 4.27. The quantitative estimate of drug-likeness (QED) is 0.283. The summed E-state index contributed by atoms with van der Waals surface area (Å²) < 4.78 is 22.7. The molecule has 3 rings (SSSR count). The van der Waals surface area contributed by atoms with Gasteiger partial charge in [-0.05, 0) is 36.8 Å². The minimum absolute atomic E-state index is 0.613. The zero-order valence-electron chi connectivity index (χ0n) is 19.3. The van der Waals surface area contributed by atoms with E-state index in [-0.39, 0.29) is 0 Å². The molecule has 0 radical (unpaired) electrons. The first-order valence-corrected chi connectivity index (χ1v) is 11.0. The number of benzene rings is 3. The smallest absolute Gasteiger partial charge is 0.132 e. The topological polar surface area (TPSA) is 57.2 Å². The fourth-order valence-corrected chi connectivity index (χ4v) is 4.27. The third-order valence-electron chi connectivity index (χ3n) is 5.94. The molecule has 0 heterocycles. The van der Waals surface area contributed by atoms with E-state index in [4.69, 9.17) is 18.9 Å². The van der Waals surface area contributed by atoms with Crippen molar-refractivity contribution in [2.24, 2.45) is 0 Å². The highest BCUT2D eigenvalue weighted by Gasteiger charge is 2.21. The van der Waals surface area contributed by atoms with Crippen LogP contribution in [0, 0.1) is 0 Å². The first-order chi connectivity index (χ1) is 15.1. The van der Waals surface area contributed by atoms with Gasteiger partial charge in [-0.1, -0.05) is 39.0 Å². The van der Waals surface area contributed by atoms with Crippen molar-refractivity contribution in [1.82, 2.24) is 0 Å². The van der Waals surface area contributed by atoms with Crippen LogP contribution < -0.4 is 18.9 Å². The lowest BCUT2D eigenvalue weighted by atomic mass is 9.94. The molecule has 0 aliphatic rings. The predicted octanol–water partition coefficient (Wildman–Crippen LogP) is 6.42. The van der Waals surface area contributed by atoms with E-state index in [2.05, 4.69) is 6.92 Å². The first kappa shape index (κ1) is 23.0. The van der Waals surface area contributed by atoms with E-state index in [1.165, 1.54) is 19.3 Å². The molecule has 0 aliphatic heterocycles. The number of hydrogen-bond donors (Lipinski definition) is 1. The van der Waals surface area contributed by atoms with Crippen molar-refractivity contribution >= 4 is 21.5 Å². The second-order valence-corrected chi connectivity index (χ2v) is 7.83. The zero-order chi connectivity index (χ0) is 22.4. The van der Waals surface area contributed by atoms with Crippen molar-refractivity contribution in [2.75, 3.05) is 28.4 Å². The largest absolute Gasteiger partial charge is 0.496 e. The van der Waals surface area contributed by atoms with Crippen LogP contribution in [0.15, 0.2) is 30.3 Å². The number of fused-ring (bicyclic) bond motifs is 2. The molecule has 5 nitrogen and oxygen atoms in total. The summed E-state index contributed by atoms with van der Waals surface area (Å²) in [5.74, 6) is 2.88. The molecule has 0 spiro atoms. The summed E-state index contributed by atoms with van der Waals surface area (Å²) >= 11 is 0. The molecule has 3 aromatic carbocycles. The van der Waals surface area contributed by atoms with Crippen molar-refractivity contribution in [3.8, 4) is 23.0 Å². The van der Waals surface area contributed by atoms with Gasteiger partial charge in [-0.15, -0.1) is 0 Å². The van der Waals surface area contributed by atoms with Crippen LogP contribution in [-0.4, -0.2) is 33.5 Å². The highest BCUT2D eigenvalue weighted by molar-refractivity contribution is 6.08. The Morgan fingerprint density at radius 2 is 1.23 bits per heavy atom. The summed E-state index contributed by atoms with van der Waals surface area (Å²) in [5, 5.41) is 14.6. The fraction of sp³-hybridized carbons (Fsp3) is 0.462. The highest BCUT2D eigenvalue weighted by Crippen LogP contribution is 2.45. The van der Waals surface area contributed by atoms with Gasteiger partial charge in [-0.3, -0.25) is 0 Å². The summed E-state index contributed by atoms with van der Waals surface area (Å²) in [4.78, 5) is 0. The van der Waals surface area contributed by atoms with Gasteiger partial charge in [0.25, 0.3) is 0 Å². The number of ether oxygens (including phenoxy) is 4. The lowest BCUT2D eigenvalue weighted by Gasteiger charge is -2.20. The maximum absolute atomic E-state index is 11.0. The van der Waals surface area contributed by atoms with E-state index in [0.29, 0.717) is 17.9 Å². The molecule has 0 fully saturated rings. The van der Waals surface area contributed by atoms with Crippen LogP contribution in [0.4, 0.5) is 0 Å². The van der Waals surface area contributed by atoms with Crippen molar-refractivity contribution in [3.63, 3.8) is 0 Å². The lowest BCUT2D eigenvalue weighted by Crippen LogP contribution is -2.03. The maximum atomic E-state index is 11.0. The summed E-state index contributed by atoms with van der Waals surface area (Å²) in [5.41, 5.74) is 0.753. The summed E-state index contributed by atoms with van der Waals surface area (Å²) in [6.45, 7) is 2.20. The Morgan fingerprint density at radius 3 is 1.77 bits per heavy atom.